The molecule has 0 aliphatic carbocycles. The van der Waals surface area contributed by atoms with Gasteiger partial charge >= 0.3 is 0 Å². The van der Waals surface area contributed by atoms with Gasteiger partial charge in [-0.05, 0) is 26.8 Å². The molecule has 0 fully saturated rings. The number of aromatic nitrogens is 2. The fourth-order valence-electron chi connectivity index (χ4n) is 1.78. The van der Waals surface area contributed by atoms with E-state index in [1.807, 2.05) is 32.3 Å². The van der Waals surface area contributed by atoms with Gasteiger partial charge in [0.1, 0.15) is 6.07 Å². The zero-order valence-electron chi connectivity index (χ0n) is 10.6. The number of thiazole rings is 1. The lowest BCUT2D eigenvalue weighted by atomic mass is 10.1. The van der Waals surface area contributed by atoms with E-state index < -0.39 is 0 Å². The molecule has 0 amide bonds. The lowest BCUT2D eigenvalue weighted by Crippen LogP contribution is -2.04. The fourth-order valence-corrected chi connectivity index (χ4v) is 2.50. The second-order valence-electron chi connectivity index (χ2n) is 4.10. The number of nitrogens with one attached hydrogen (secondary N) is 1. The summed E-state index contributed by atoms with van der Waals surface area (Å²) < 4.78 is 0. The number of rotatable bonds is 3. The van der Waals surface area contributed by atoms with Crippen LogP contribution < -0.4 is 5.32 Å². The van der Waals surface area contributed by atoms with E-state index >= 15 is 0 Å². The summed E-state index contributed by atoms with van der Waals surface area (Å²) in [5.74, 6) is 0. The van der Waals surface area contributed by atoms with Crippen molar-refractivity contribution in [2.24, 2.45) is 0 Å². The van der Waals surface area contributed by atoms with Gasteiger partial charge in [0.15, 0.2) is 0 Å². The van der Waals surface area contributed by atoms with Crippen LogP contribution in [0.5, 0.6) is 0 Å². The van der Waals surface area contributed by atoms with Crippen LogP contribution in [0.2, 0.25) is 0 Å². The highest BCUT2D eigenvalue weighted by Crippen LogP contribution is 2.21. The average Bonchev–Trinajstić information content (AvgIpc) is 2.71. The smallest absolute Gasteiger partial charge is 0.103 e. The third kappa shape index (κ3) is 2.49. The molecule has 92 valence electrons. The minimum atomic E-state index is 0.614. The molecule has 0 saturated carbocycles. The molecule has 0 unspecified atom stereocenters. The highest BCUT2D eigenvalue weighted by atomic mass is 32.1. The minimum absolute atomic E-state index is 0.614. The second kappa shape index (κ2) is 5.15. The largest absolute Gasteiger partial charge is 0.379 e. The van der Waals surface area contributed by atoms with Crippen molar-refractivity contribution in [3.8, 4) is 6.07 Å². The Morgan fingerprint density at radius 3 is 2.72 bits per heavy atom. The van der Waals surface area contributed by atoms with Gasteiger partial charge in [-0.2, -0.15) is 5.26 Å². The Bertz CT molecular complexity index is 610. The third-order valence-electron chi connectivity index (χ3n) is 2.72. The lowest BCUT2D eigenvalue weighted by Gasteiger charge is -2.10. The van der Waals surface area contributed by atoms with Gasteiger partial charge in [-0.25, -0.2) is 4.98 Å². The van der Waals surface area contributed by atoms with Gasteiger partial charge < -0.3 is 5.32 Å². The van der Waals surface area contributed by atoms with Gasteiger partial charge in [0.05, 0.1) is 34.7 Å². The SMILES string of the molecule is Cc1cc(NCc2scnc2C)c(C#N)c(C)n1. The number of hydrogen-bond donors (Lipinski definition) is 1. The van der Waals surface area contributed by atoms with E-state index in [1.165, 1.54) is 4.88 Å². The highest BCUT2D eigenvalue weighted by molar-refractivity contribution is 7.09. The zero-order chi connectivity index (χ0) is 13.1. The van der Waals surface area contributed by atoms with Crippen molar-refractivity contribution in [1.29, 1.82) is 5.26 Å². The summed E-state index contributed by atoms with van der Waals surface area (Å²) in [6.45, 7) is 6.46. The number of nitrogens with zero attached hydrogens (tertiary/aromatic N) is 3. The normalized spacial score (nSPS) is 10.1. The quantitative estimate of drug-likeness (QED) is 0.919. The molecule has 0 aromatic carbocycles. The van der Waals surface area contributed by atoms with Gasteiger partial charge in [-0.15, -0.1) is 11.3 Å². The topological polar surface area (TPSA) is 61.6 Å². The first kappa shape index (κ1) is 12.5. The van der Waals surface area contributed by atoms with Crippen molar-refractivity contribution in [2.45, 2.75) is 27.3 Å². The van der Waals surface area contributed by atoms with Crippen molar-refractivity contribution < 1.29 is 0 Å². The molecule has 0 radical (unpaired) electrons. The maximum atomic E-state index is 9.16. The monoisotopic (exact) mass is 258 g/mol. The summed E-state index contributed by atoms with van der Waals surface area (Å²) >= 11 is 1.62. The molecular weight excluding hydrogens is 244 g/mol. The van der Waals surface area contributed by atoms with Crippen LogP contribution in [0.1, 0.15) is 27.5 Å². The summed E-state index contributed by atoms with van der Waals surface area (Å²) in [4.78, 5) is 9.69. The van der Waals surface area contributed by atoms with Crippen molar-refractivity contribution in [1.82, 2.24) is 9.97 Å². The second-order valence-corrected chi connectivity index (χ2v) is 5.04. The summed E-state index contributed by atoms with van der Waals surface area (Å²) in [7, 11) is 0. The van der Waals surface area contributed by atoms with Crippen molar-refractivity contribution in [2.75, 3.05) is 5.32 Å². The van der Waals surface area contributed by atoms with E-state index in [0.29, 0.717) is 12.1 Å². The molecule has 4 nitrogen and oxygen atoms in total. The number of hydrogen-bond acceptors (Lipinski definition) is 5. The van der Waals surface area contributed by atoms with Gasteiger partial charge in [-0.1, -0.05) is 0 Å². The van der Waals surface area contributed by atoms with Crippen LogP contribution in [-0.4, -0.2) is 9.97 Å². The molecule has 2 aromatic rings. The van der Waals surface area contributed by atoms with Crippen LogP contribution in [0.15, 0.2) is 11.6 Å². The number of aryl methyl sites for hydroxylation is 3. The van der Waals surface area contributed by atoms with Crippen LogP contribution in [0, 0.1) is 32.1 Å². The van der Waals surface area contributed by atoms with Crippen molar-refractivity contribution in [3.05, 3.63) is 39.1 Å². The Morgan fingerprint density at radius 2 is 2.11 bits per heavy atom. The van der Waals surface area contributed by atoms with Crippen LogP contribution in [0.3, 0.4) is 0 Å². The molecule has 0 aliphatic heterocycles. The molecule has 0 bridgehead atoms. The molecule has 18 heavy (non-hydrogen) atoms. The van der Waals surface area contributed by atoms with Gasteiger partial charge in [0, 0.05) is 10.6 Å². The number of pyridine rings is 1. The molecule has 0 spiro atoms. The average molecular weight is 258 g/mol. The van der Waals surface area contributed by atoms with E-state index in [9.17, 15) is 0 Å². The third-order valence-corrected chi connectivity index (χ3v) is 3.66. The first-order valence-corrected chi connectivity index (χ1v) is 6.51. The Kier molecular flexibility index (Phi) is 3.58. The van der Waals surface area contributed by atoms with Crippen LogP contribution in [0.4, 0.5) is 5.69 Å². The van der Waals surface area contributed by atoms with Crippen molar-refractivity contribution in [3.63, 3.8) is 0 Å². The molecule has 2 aromatic heterocycles. The maximum absolute atomic E-state index is 9.16. The molecule has 2 heterocycles. The van der Waals surface area contributed by atoms with E-state index in [2.05, 4.69) is 21.4 Å². The van der Waals surface area contributed by atoms with Crippen LogP contribution >= 0.6 is 11.3 Å². The standard InChI is InChI=1S/C13H14N4S/c1-8-4-12(11(5-14)9(2)17-8)15-6-13-10(3)16-7-18-13/h4,7H,6H2,1-3H3,(H,15,17). The molecule has 5 heteroatoms. The van der Waals surface area contributed by atoms with Gasteiger partial charge in [0.25, 0.3) is 0 Å². The maximum Gasteiger partial charge on any atom is 0.103 e. The minimum Gasteiger partial charge on any atom is -0.379 e. The molecule has 0 atom stereocenters. The van der Waals surface area contributed by atoms with E-state index in [-0.39, 0.29) is 0 Å². The van der Waals surface area contributed by atoms with Crippen molar-refractivity contribution >= 4 is 17.0 Å². The first-order chi connectivity index (χ1) is 8.61. The van der Waals surface area contributed by atoms with Crippen LogP contribution in [-0.2, 0) is 6.54 Å². The summed E-state index contributed by atoms with van der Waals surface area (Å²) in [5, 5.41) is 12.5. The van der Waals surface area contributed by atoms with Crippen LogP contribution in [0.25, 0.3) is 0 Å². The fraction of sp³-hybridized carbons (Fsp3) is 0.308. The Hall–Kier alpha value is -1.93. The summed E-state index contributed by atoms with van der Waals surface area (Å²) in [5.41, 5.74) is 6.00. The van der Waals surface area contributed by atoms with E-state index in [0.717, 1.165) is 22.8 Å². The summed E-state index contributed by atoms with van der Waals surface area (Å²) in [6.07, 6.45) is 0. The van der Waals surface area contributed by atoms with E-state index in [4.69, 9.17) is 5.26 Å². The van der Waals surface area contributed by atoms with E-state index in [1.54, 1.807) is 11.3 Å². The van der Waals surface area contributed by atoms with Gasteiger partial charge in [0.2, 0.25) is 0 Å². The number of nitriles is 1. The zero-order valence-corrected chi connectivity index (χ0v) is 11.4. The predicted molar refractivity (Wildman–Crippen MR) is 72.6 cm³/mol. The molecule has 0 saturated heterocycles. The molecular formula is C13H14N4S. The molecule has 2 rings (SSSR count). The Labute approximate surface area is 110 Å². The Morgan fingerprint density at radius 1 is 1.33 bits per heavy atom. The number of anilines is 1. The lowest BCUT2D eigenvalue weighted by molar-refractivity contribution is 1.08. The predicted octanol–water partition coefficient (Wildman–Crippen LogP) is 2.95. The summed E-state index contributed by atoms with van der Waals surface area (Å²) in [6, 6.07) is 4.10. The molecule has 1 N–H and O–H groups in total. The van der Waals surface area contributed by atoms with Gasteiger partial charge in [-0.3, -0.25) is 4.98 Å². The molecule has 0 aliphatic rings. The first-order valence-electron chi connectivity index (χ1n) is 5.63. The Balaban J connectivity index is 2.24. The highest BCUT2D eigenvalue weighted by Gasteiger charge is 2.08.